The maximum Gasteiger partial charge on any atom is 0.191 e. The van der Waals surface area contributed by atoms with Gasteiger partial charge in [0.2, 0.25) is 0 Å². The normalized spacial score (nSPS) is 21.5. The molecule has 0 radical (unpaired) electrons. The third-order valence-electron chi connectivity index (χ3n) is 5.31. The number of guanidine groups is 1. The minimum absolute atomic E-state index is 0.208. The molecule has 0 unspecified atom stereocenters. The summed E-state index contributed by atoms with van der Waals surface area (Å²) in [6, 6.07) is 0. The number of rotatable bonds is 10. The Kier molecular flexibility index (Phi) is 10.3. The first-order chi connectivity index (χ1) is 12.8. The van der Waals surface area contributed by atoms with Gasteiger partial charge in [-0.15, -0.1) is 0 Å². The Labute approximate surface area is 158 Å². The SMILES string of the molecule is CCNC(=NCC1(N2CCOCC2)CCCCC1)NCCOCCOC. The molecule has 2 N–H and O–H groups in total. The Morgan fingerprint density at radius 3 is 2.54 bits per heavy atom. The lowest BCUT2D eigenvalue weighted by Crippen LogP contribution is -2.56. The molecule has 26 heavy (non-hydrogen) atoms. The second kappa shape index (κ2) is 12.5. The molecule has 1 aliphatic carbocycles. The van der Waals surface area contributed by atoms with Crippen LogP contribution in [-0.2, 0) is 14.2 Å². The van der Waals surface area contributed by atoms with Gasteiger partial charge in [-0.1, -0.05) is 19.3 Å². The maximum atomic E-state index is 5.57. The summed E-state index contributed by atoms with van der Waals surface area (Å²) in [5.74, 6) is 0.890. The van der Waals surface area contributed by atoms with E-state index >= 15 is 0 Å². The molecule has 0 aromatic rings. The van der Waals surface area contributed by atoms with Gasteiger partial charge in [-0.3, -0.25) is 9.89 Å². The summed E-state index contributed by atoms with van der Waals surface area (Å²) in [5.41, 5.74) is 0.208. The Morgan fingerprint density at radius 1 is 1.08 bits per heavy atom. The highest BCUT2D eigenvalue weighted by Crippen LogP contribution is 2.34. The molecule has 1 saturated heterocycles. The van der Waals surface area contributed by atoms with E-state index in [1.54, 1.807) is 7.11 Å². The van der Waals surface area contributed by atoms with Crippen LogP contribution in [0.2, 0.25) is 0 Å². The van der Waals surface area contributed by atoms with E-state index < -0.39 is 0 Å². The molecule has 2 fully saturated rings. The maximum absolute atomic E-state index is 5.57. The van der Waals surface area contributed by atoms with Gasteiger partial charge in [-0.2, -0.15) is 0 Å². The van der Waals surface area contributed by atoms with Gasteiger partial charge >= 0.3 is 0 Å². The van der Waals surface area contributed by atoms with Gasteiger partial charge in [-0.25, -0.2) is 0 Å². The van der Waals surface area contributed by atoms with Crippen molar-refractivity contribution in [2.24, 2.45) is 4.99 Å². The van der Waals surface area contributed by atoms with Crippen LogP contribution in [0.4, 0.5) is 0 Å². The number of methoxy groups -OCH3 is 1. The molecule has 0 spiro atoms. The molecule has 2 rings (SSSR count). The summed E-state index contributed by atoms with van der Waals surface area (Å²) in [6.45, 7) is 10.3. The molecule has 7 heteroatoms. The van der Waals surface area contributed by atoms with Gasteiger partial charge in [0, 0.05) is 38.8 Å². The lowest BCUT2D eigenvalue weighted by molar-refractivity contribution is -0.0333. The third kappa shape index (κ3) is 7.02. The largest absolute Gasteiger partial charge is 0.382 e. The average Bonchev–Trinajstić information content (AvgIpc) is 2.70. The first kappa shape index (κ1) is 21.4. The molecule has 152 valence electrons. The van der Waals surface area contributed by atoms with Crippen molar-refractivity contribution in [3.8, 4) is 0 Å². The third-order valence-corrected chi connectivity index (χ3v) is 5.31. The Bertz CT molecular complexity index is 394. The standard InChI is InChI=1S/C19H38N4O3/c1-3-20-18(21-9-12-25-16-15-24-2)22-17-19(7-5-4-6-8-19)23-10-13-26-14-11-23/h3-17H2,1-2H3,(H2,20,21,22). The number of aliphatic imine (C=N–C) groups is 1. The van der Waals surface area contributed by atoms with Gasteiger partial charge in [0.1, 0.15) is 0 Å². The van der Waals surface area contributed by atoms with Gasteiger partial charge in [-0.05, 0) is 19.8 Å². The molecule has 0 bridgehead atoms. The molecule has 1 aliphatic heterocycles. The summed E-state index contributed by atoms with van der Waals surface area (Å²) in [6.07, 6.45) is 6.47. The van der Waals surface area contributed by atoms with Crippen molar-refractivity contribution < 1.29 is 14.2 Å². The molecule has 1 heterocycles. The van der Waals surface area contributed by atoms with Crippen LogP contribution >= 0.6 is 0 Å². The van der Waals surface area contributed by atoms with Crippen molar-refractivity contribution in [3.05, 3.63) is 0 Å². The highest BCUT2D eigenvalue weighted by molar-refractivity contribution is 5.79. The van der Waals surface area contributed by atoms with Crippen molar-refractivity contribution in [2.45, 2.75) is 44.6 Å². The minimum atomic E-state index is 0.208. The molecule has 0 aromatic carbocycles. The summed E-state index contributed by atoms with van der Waals surface area (Å²) in [4.78, 5) is 7.59. The zero-order valence-electron chi connectivity index (χ0n) is 16.7. The van der Waals surface area contributed by atoms with Gasteiger partial charge < -0.3 is 24.8 Å². The number of nitrogens with one attached hydrogen (secondary N) is 2. The fraction of sp³-hybridized carbons (Fsp3) is 0.947. The molecule has 0 amide bonds. The molecule has 2 aliphatic rings. The average molecular weight is 371 g/mol. The highest BCUT2D eigenvalue weighted by Gasteiger charge is 2.38. The predicted molar refractivity (Wildman–Crippen MR) is 105 cm³/mol. The van der Waals surface area contributed by atoms with Crippen LogP contribution < -0.4 is 10.6 Å². The zero-order valence-corrected chi connectivity index (χ0v) is 16.7. The van der Waals surface area contributed by atoms with E-state index in [4.69, 9.17) is 19.2 Å². The van der Waals surface area contributed by atoms with Crippen LogP contribution in [-0.4, -0.2) is 89.3 Å². The first-order valence-electron chi connectivity index (χ1n) is 10.2. The monoisotopic (exact) mass is 370 g/mol. The molecular weight excluding hydrogens is 332 g/mol. The lowest BCUT2D eigenvalue weighted by Gasteiger charge is -2.47. The van der Waals surface area contributed by atoms with Crippen LogP contribution in [0, 0.1) is 0 Å². The first-order valence-corrected chi connectivity index (χ1v) is 10.2. The van der Waals surface area contributed by atoms with Crippen molar-refractivity contribution >= 4 is 5.96 Å². The fourth-order valence-corrected chi connectivity index (χ4v) is 3.88. The van der Waals surface area contributed by atoms with E-state index in [0.717, 1.165) is 51.9 Å². The number of morpholine rings is 1. The van der Waals surface area contributed by atoms with Crippen LogP contribution in [0.1, 0.15) is 39.0 Å². The van der Waals surface area contributed by atoms with Crippen molar-refractivity contribution in [1.29, 1.82) is 0 Å². The van der Waals surface area contributed by atoms with E-state index in [9.17, 15) is 0 Å². The highest BCUT2D eigenvalue weighted by atomic mass is 16.5. The summed E-state index contributed by atoms with van der Waals surface area (Å²) in [5, 5.41) is 6.75. The van der Waals surface area contributed by atoms with Crippen LogP contribution in [0.5, 0.6) is 0 Å². The van der Waals surface area contributed by atoms with Crippen LogP contribution in [0.25, 0.3) is 0 Å². The van der Waals surface area contributed by atoms with E-state index in [1.807, 2.05) is 0 Å². The minimum Gasteiger partial charge on any atom is -0.382 e. The van der Waals surface area contributed by atoms with E-state index in [1.165, 1.54) is 32.1 Å². The zero-order chi connectivity index (χ0) is 18.5. The topological polar surface area (TPSA) is 67.4 Å². The lowest BCUT2D eigenvalue weighted by atomic mass is 9.80. The van der Waals surface area contributed by atoms with Crippen molar-refractivity contribution in [2.75, 3.05) is 72.9 Å². The second-order valence-corrected chi connectivity index (χ2v) is 7.11. The number of hydrogen-bond acceptors (Lipinski definition) is 5. The quantitative estimate of drug-likeness (QED) is 0.343. The van der Waals surface area contributed by atoms with Crippen molar-refractivity contribution in [3.63, 3.8) is 0 Å². The van der Waals surface area contributed by atoms with E-state index in [-0.39, 0.29) is 5.54 Å². The fourth-order valence-electron chi connectivity index (χ4n) is 3.88. The van der Waals surface area contributed by atoms with Gasteiger partial charge in [0.15, 0.2) is 5.96 Å². The van der Waals surface area contributed by atoms with Crippen molar-refractivity contribution in [1.82, 2.24) is 15.5 Å². The second-order valence-electron chi connectivity index (χ2n) is 7.11. The number of ether oxygens (including phenoxy) is 3. The van der Waals surface area contributed by atoms with Gasteiger partial charge in [0.25, 0.3) is 0 Å². The Hall–Kier alpha value is -0.890. The molecule has 0 aromatic heterocycles. The Morgan fingerprint density at radius 2 is 1.85 bits per heavy atom. The van der Waals surface area contributed by atoms with E-state index in [2.05, 4.69) is 22.5 Å². The molecule has 1 saturated carbocycles. The molecule has 0 atom stereocenters. The summed E-state index contributed by atoms with van der Waals surface area (Å²) in [7, 11) is 1.69. The van der Waals surface area contributed by atoms with E-state index in [0.29, 0.717) is 19.8 Å². The van der Waals surface area contributed by atoms with Crippen LogP contribution in [0.3, 0.4) is 0 Å². The number of hydrogen-bond donors (Lipinski definition) is 2. The molecule has 7 nitrogen and oxygen atoms in total. The summed E-state index contributed by atoms with van der Waals surface area (Å²) < 4.78 is 16.1. The van der Waals surface area contributed by atoms with Gasteiger partial charge in [0.05, 0.1) is 39.6 Å². The smallest absolute Gasteiger partial charge is 0.191 e. The van der Waals surface area contributed by atoms with Crippen LogP contribution in [0.15, 0.2) is 4.99 Å². The predicted octanol–water partition coefficient (Wildman–Crippen LogP) is 1.24. The number of nitrogens with zero attached hydrogens (tertiary/aromatic N) is 2. The molecular formula is C19H38N4O3. The Balaban J connectivity index is 1.88. The summed E-state index contributed by atoms with van der Waals surface area (Å²) >= 11 is 0.